The van der Waals surface area contributed by atoms with Crippen LogP contribution >= 0.6 is 11.8 Å². The molecule has 0 atom stereocenters. The number of hydrogen-bond donors (Lipinski definition) is 0. The Balaban J connectivity index is 2.01. The summed E-state index contributed by atoms with van der Waals surface area (Å²) in [6.07, 6.45) is 5.79. The van der Waals surface area contributed by atoms with Crippen LogP contribution in [0, 0.1) is 16.7 Å². The molecule has 0 spiro atoms. The lowest BCUT2D eigenvalue weighted by Gasteiger charge is -2.31. The highest BCUT2D eigenvalue weighted by atomic mass is 32.2. The highest BCUT2D eigenvalue weighted by Crippen LogP contribution is 2.47. The van der Waals surface area contributed by atoms with Crippen LogP contribution in [0.15, 0.2) is 63.1 Å². The molecule has 1 aliphatic carbocycles. The van der Waals surface area contributed by atoms with Crippen molar-refractivity contribution in [1.82, 2.24) is 0 Å². The van der Waals surface area contributed by atoms with E-state index < -0.39 is 5.97 Å². The zero-order valence-electron chi connectivity index (χ0n) is 16.9. The maximum atomic E-state index is 12.2. The average molecular weight is 395 g/mol. The zero-order chi connectivity index (χ0) is 20.3. The summed E-state index contributed by atoms with van der Waals surface area (Å²) in [7, 11) is 0. The van der Waals surface area contributed by atoms with Gasteiger partial charge in [-0.1, -0.05) is 43.8 Å². The first-order valence-electron chi connectivity index (χ1n) is 9.65. The van der Waals surface area contributed by atoms with E-state index in [4.69, 9.17) is 4.74 Å². The third kappa shape index (κ3) is 4.18. The molecule has 146 valence electrons. The van der Waals surface area contributed by atoms with Crippen LogP contribution in [0.25, 0.3) is 0 Å². The van der Waals surface area contributed by atoms with Gasteiger partial charge < -0.3 is 9.64 Å². The molecule has 0 unspecified atom stereocenters. The van der Waals surface area contributed by atoms with Gasteiger partial charge >= 0.3 is 5.97 Å². The third-order valence-electron chi connectivity index (χ3n) is 4.89. The molecule has 0 bridgehead atoms. The average Bonchev–Trinajstić information content (AvgIpc) is 2.98. The van der Waals surface area contributed by atoms with E-state index in [-0.39, 0.29) is 17.6 Å². The summed E-state index contributed by atoms with van der Waals surface area (Å²) >= 11 is 1.77. The van der Waals surface area contributed by atoms with E-state index in [9.17, 15) is 10.1 Å². The summed E-state index contributed by atoms with van der Waals surface area (Å²) in [5.41, 5.74) is 3.24. The standard InChI is InChI=1S/C23H26N2O2S/c1-5-25-19-9-7-8-10-20(19)28-21(25)12-16-11-17(14-23(3,4)13-16)18(15-24)22(26)27-6-2/h7-12H,5-6,13-14H2,1-4H3. The van der Waals surface area contributed by atoms with Crippen molar-refractivity contribution in [2.45, 2.75) is 45.4 Å². The zero-order valence-corrected chi connectivity index (χ0v) is 17.7. The molecule has 1 aliphatic heterocycles. The normalized spacial score (nSPS) is 21.0. The second-order valence-electron chi connectivity index (χ2n) is 7.77. The Labute approximate surface area is 171 Å². The Morgan fingerprint density at radius 3 is 2.75 bits per heavy atom. The fraction of sp³-hybridized carbons (Fsp3) is 0.391. The van der Waals surface area contributed by atoms with E-state index in [0.29, 0.717) is 6.42 Å². The molecule has 1 aromatic rings. The van der Waals surface area contributed by atoms with Crippen molar-refractivity contribution >= 4 is 23.4 Å². The van der Waals surface area contributed by atoms with Gasteiger partial charge in [0.2, 0.25) is 0 Å². The fourth-order valence-electron chi connectivity index (χ4n) is 3.81. The molecule has 0 saturated carbocycles. The summed E-state index contributed by atoms with van der Waals surface area (Å²) in [4.78, 5) is 15.8. The smallest absolute Gasteiger partial charge is 0.349 e. The monoisotopic (exact) mass is 394 g/mol. The minimum absolute atomic E-state index is 0.0295. The number of carbonyl (C=O) groups is 1. The number of carbonyl (C=O) groups excluding carboxylic acids is 1. The van der Waals surface area contributed by atoms with Gasteiger partial charge in [-0.25, -0.2) is 4.79 Å². The van der Waals surface area contributed by atoms with Crippen LogP contribution in [0.2, 0.25) is 0 Å². The minimum atomic E-state index is -0.529. The molecule has 5 heteroatoms. The van der Waals surface area contributed by atoms with Crippen molar-refractivity contribution in [3.8, 4) is 6.07 Å². The molecule has 28 heavy (non-hydrogen) atoms. The van der Waals surface area contributed by atoms with E-state index in [1.807, 2.05) is 6.08 Å². The summed E-state index contributed by atoms with van der Waals surface area (Å²) < 4.78 is 5.09. The van der Waals surface area contributed by atoms with Gasteiger partial charge in [-0.3, -0.25) is 0 Å². The van der Waals surface area contributed by atoms with Crippen LogP contribution in [0.3, 0.4) is 0 Å². The van der Waals surface area contributed by atoms with Crippen LogP contribution in [0.1, 0.15) is 40.5 Å². The molecule has 0 amide bonds. The van der Waals surface area contributed by atoms with Crippen LogP contribution in [-0.4, -0.2) is 19.1 Å². The number of esters is 1. The van der Waals surface area contributed by atoms with Crippen LogP contribution < -0.4 is 4.90 Å². The van der Waals surface area contributed by atoms with E-state index in [1.165, 1.54) is 15.6 Å². The summed E-state index contributed by atoms with van der Waals surface area (Å²) in [5.74, 6) is -0.529. The largest absolute Gasteiger partial charge is 0.462 e. The lowest BCUT2D eigenvalue weighted by atomic mass is 9.74. The SMILES string of the molecule is CCOC(=O)C(C#N)=C1C=C(C=C2Sc3ccccc3N2CC)CC(C)(C)C1. The lowest BCUT2D eigenvalue weighted by molar-refractivity contribution is -0.138. The topological polar surface area (TPSA) is 53.3 Å². The van der Waals surface area contributed by atoms with Gasteiger partial charge in [0.25, 0.3) is 0 Å². The van der Waals surface area contributed by atoms with Gasteiger partial charge in [-0.15, -0.1) is 0 Å². The Bertz CT molecular complexity index is 919. The molecule has 0 saturated heterocycles. The molecular formula is C23H26N2O2S. The predicted molar refractivity (Wildman–Crippen MR) is 114 cm³/mol. The highest BCUT2D eigenvalue weighted by molar-refractivity contribution is 8.03. The van der Waals surface area contributed by atoms with Crippen LogP contribution in [0.5, 0.6) is 0 Å². The van der Waals surface area contributed by atoms with Crippen molar-refractivity contribution in [2.24, 2.45) is 5.41 Å². The quantitative estimate of drug-likeness (QED) is 0.378. The number of anilines is 1. The minimum Gasteiger partial charge on any atom is -0.462 e. The van der Waals surface area contributed by atoms with Gasteiger partial charge in [0.05, 0.1) is 17.3 Å². The summed E-state index contributed by atoms with van der Waals surface area (Å²) in [5, 5.41) is 10.7. The van der Waals surface area contributed by atoms with Crippen LogP contribution in [0.4, 0.5) is 5.69 Å². The maximum Gasteiger partial charge on any atom is 0.349 e. The van der Waals surface area contributed by atoms with Gasteiger partial charge in [0, 0.05) is 11.4 Å². The molecular weight excluding hydrogens is 368 g/mol. The summed E-state index contributed by atoms with van der Waals surface area (Å²) in [6.45, 7) is 9.40. The van der Waals surface area contributed by atoms with Gasteiger partial charge in [0.15, 0.2) is 0 Å². The Morgan fingerprint density at radius 2 is 2.07 bits per heavy atom. The number of hydrogen-bond acceptors (Lipinski definition) is 5. The Kier molecular flexibility index (Phi) is 6.00. The first kappa shape index (κ1) is 20.3. The summed E-state index contributed by atoms with van der Waals surface area (Å²) in [6, 6.07) is 10.5. The number of fused-ring (bicyclic) bond motifs is 1. The molecule has 0 radical (unpaired) electrons. The lowest BCUT2D eigenvalue weighted by Crippen LogP contribution is -2.21. The second kappa shape index (κ2) is 8.28. The Hall–Kier alpha value is -2.45. The molecule has 0 N–H and O–H groups in total. The predicted octanol–water partition coefficient (Wildman–Crippen LogP) is 5.59. The molecule has 3 rings (SSSR count). The highest BCUT2D eigenvalue weighted by Gasteiger charge is 2.30. The first-order valence-corrected chi connectivity index (χ1v) is 10.5. The number of thioether (sulfide) groups is 1. The molecule has 0 fully saturated rings. The number of rotatable bonds is 4. The van der Waals surface area contributed by atoms with E-state index >= 15 is 0 Å². The van der Waals surface area contributed by atoms with Gasteiger partial charge in [-0.05, 0) is 61.5 Å². The van der Waals surface area contributed by atoms with Crippen molar-refractivity contribution in [3.63, 3.8) is 0 Å². The van der Waals surface area contributed by atoms with Gasteiger partial charge in [0.1, 0.15) is 11.6 Å². The number of para-hydroxylation sites is 1. The number of benzene rings is 1. The molecule has 4 nitrogen and oxygen atoms in total. The van der Waals surface area contributed by atoms with Crippen molar-refractivity contribution in [1.29, 1.82) is 5.26 Å². The van der Waals surface area contributed by atoms with Crippen molar-refractivity contribution < 1.29 is 9.53 Å². The third-order valence-corrected chi connectivity index (χ3v) is 6.00. The molecule has 2 aliphatic rings. The number of ether oxygens (including phenoxy) is 1. The number of allylic oxidation sites excluding steroid dienone is 4. The maximum absolute atomic E-state index is 12.2. The number of nitriles is 1. The second-order valence-corrected chi connectivity index (χ2v) is 8.83. The Morgan fingerprint density at radius 1 is 1.32 bits per heavy atom. The van der Waals surface area contributed by atoms with E-state index in [0.717, 1.165) is 24.1 Å². The molecule has 0 aromatic heterocycles. The van der Waals surface area contributed by atoms with Crippen molar-refractivity contribution in [2.75, 3.05) is 18.1 Å². The first-order chi connectivity index (χ1) is 13.4. The van der Waals surface area contributed by atoms with Crippen molar-refractivity contribution in [3.05, 3.63) is 58.2 Å². The van der Waals surface area contributed by atoms with E-state index in [2.05, 4.69) is 62.1 Å². The fourth-order valence-corrected chi connectivity index (χ4v) is 5.01. The van der Waals surface area contributed by atoms with Gasteiger partial charge in [-0.2, -0.15) is 5.26 Å². The van der Waals surface area contributed by atoms with Crippen LogP contribution in [-0.2, 0) is 9.53 Å². The number of nitrogens with zero attached hydrogens (tertiary/aromatic N) is 2. The molecule has 1 aromatic carbocycles. The van der Waals surface area contributed by atoms with E-state index in [1.54, 1.807) is 18.7 Å². The molecule has 1 heterocycles.